The van der Waals surface area contributed by atoms with Crippen LogP contribution in [0.25, 0.3) is 0 Å². The largest absolute Gasteiger partial charge is 0.376 e. The molecule has 2 aromatic heterocycles. The number of halogens is 1. The molecule has 0 amide bonds. The van der Waals surface area contributed by atoms with E-state index < -0.39 is 0 Å². The highest BCUT2D eigenvalue weighted by atomic mass is 127. The summed E-state index contributed by atoms with van der Waals surface area (Å²) in [5.41, 5.74) is 4.72. The fourth-order valence-electron chi connectivity index (χ4n) is 4.05. The minimum absolute atomic E-state index is 0.0347. The quantitative estimate of drug-likeness (QED) is 0.513. The Bertz CT molecular complexity index is 803. The third kappa shape index (κ3) is 3.25. The van der Waals surface area contributed by atoms with Gasteiger partial charge in [-0.3, -0.25) is 4.98 Å². The zero-order valence-corrected chi connectivity index (χ0v) is 17.9. The number of aromatic amines is 1. The second-order valence-electron chi connectivity index (χ2n) is 7.02. The van der Waals surface area contributed by atoms with Crippen molar-refractivity contribution in [2.45, 2.75) is 44.9 Å². The van der Waals surface area contributed by atoms with Gasteiger partial charge in [-0.1, -0.05) is 6.07 Å². The second kappa shape index (κ2) is 7.44. The molecule has 0 aromatic carbocycles. The highest BCUT2D eigenvalue weighted by molar-refractivity contribution is 14.1. The molecule has 26 heavy (non-hydrogen) atoms. The van der Waals surface area contributed by atoms with E-state index in [-0.39, 0.29) is 18.2 Å². The van der Waals surface area contributed by atoms with Crippen LogP contribution in [0.15, 0.2) is 24.4 Å². The van der Waals surface area contributed by atoms with E-state index in [0.29, 0.717) is 0 Å². The second-order valence-corrected chi connectivity index (χ2v) is 8.48. The Morgan fingerprint density at radius 1 is 1.35 bits per heavy atom. The van der Waals surface area contributed by atoms with E-state index in [1.807, 2.05) is 18.3 Å². The highest BCUT2D eigenvalue weighted by Gasteiger charge is 2.43. The summed E-state index contributed by atoms with van der Waals surface area (Å²) in [6, 6.07) is 6.20. The van der Waals surface area contributed by atoms with Gasteiger partial charge in [-0.15, -0.1) is 0 Å². The third-order valence-electron chi connectivity index (χ3n) is 5.26. The summed E-state index contributed by atoms with van der Waals surface area (Å²) < 4.78 is 7.17. The van der Waals surface area contributed by atoms with Gasteiger partial charge < -0.3 is 19.9 Å². The Balaban J connectivity index is 1.76. The number of aryl methyl sites for hydroxylation is 2. The fourth-order valence-corrected chi connectivity index (χ4v) is 5.22. The van der Waals surface area contributed by atoms with Crippen molar-refractivity contribution in [3.8, 4) is 0 Å². The fraction of sp³-hybridized carbons (Fsp3) is 0.474. The van der Waals surface area contributed by atoms with Crippen molar-refractivity contribution in [2.24, 2.45) is 0 Å². The Morgan fingerprint density at radius 3 is 2.81 bits per heavy atom. The summed E-state index contributed by atoms with van der Waals surface area (Å²) in [7, 11) is 0. The first-order valence-electron chi connectivity index (χ1n) is 9.00. The van der Waals surface area contributed by atoms with Crippen molar-refractivity contribution >= 4 is 39.9 Å². The Morgan fingerprint density at radius 2 is 2.19 bits per heavy atom. The van der Waals surface area contributed by atoms with Crippen LogP contribution < -0.4 is 5.32 Å². The lowest BCUT2D eigenvalue weighted by molar-refractivity contribution is 0.0841. The molecule has 2 aliphatic heterocycles. The van der Waals surface area contributed by atoms with E-state index in [1.165, 1.54) is 20.5 Å². The van der Waals surface area contributed by atoms with Crippen LogP contribution in [-0.2, 0) is 4.74 Å². The number of hydrogen-bond donors (Lipinski definition) is 2. The maximum Gasteiger partial charge on any atom is 0.170 e. The molecule has 0 bridgehead atoms. The molecule has 0 radical (unpaired) electrons. The summed E-state index contributed by atoms with van der Waals surface area (Å²) in [5, 5.41) is 4.32. The molecule has 0 spiro atoms. The average Bonchev–Trinajstić information content (AvgIpc) is 3.31. The molecule has 4 heterocycles. The van der Waals surface area contributed by atoms with E-state index in [1.54, 1.807) is 0 Å². The van der Waals surface area contributed by atoms with E-state index in [0.717, 1.165) is 36.8 Å². The van der Waals surface area contributed by atoms with Crippen molar-refractivity contribution in [1.29, 1.82) is 0 Å². The lowest BCUT2D eigenvalue weighted by Gasteiger charge is -2.30. The zero-order valence-electron chi connectivity index (χ0n) is 15.0. The van der Waals surface area contributed by atoms with Crippen molar-refractivity contribution in [2.75, 3.05) is 13.2 Å². The summed E-state index contributed by atoms with van der Waals surface area (Å²) in [5.74, 6) is 0. The van der Waals surface area contributed by atoms with Crippen LogP contribution in [0.2, 0.25) is 0 Å². The molecule has 0 aliphatic carbocycles. The molecule has 3 atom stereocenters. The SMILES string of the molecule is Cc1[nH]c(C)c([C@H]2[C@H](c3ccccn3)NC(=S)N2C[C@@H]2CCCO2)c1I. The van der Waals surface area contributed by atoms with Crippen LogP contribution >= 0.6 is 34.8 Å². The molecule has 4 rings (SSSR count). The standard InChI is InChI=1S/C19H23IN4OS/c1-11-15(16(20)12(2)22-11)18-17(14-7-3-4-8-21-14)23-19(26)24(18)10-13-6-5-9-25-13/h3-4,7-8,13,17-18,22H,5-6,9-10H2,1-2H3,(H,23,26)/t13-,17-,18-/m0/s1. The molecule has 2 aromatic rings. The molecule has 2 N–H and O–H groups in total. The molecule has 2 saturated heterocycles. The minimum Gasteiger partial charge on any atom is -0.376 e. The first kappa shape index (κ1) is 18.2. The lowest BCUT2D eigenvalue weighted by atomic mass is 9.96. The predicted molar refractivity (Wildman–Crippen MR) is 114 cm³/mol. The highest BCUT2D eigenvalue weighted by Crippen LogP contribution is 2.42. The minimum atomic E-state index is 0.0347. The molecule has 2 aliphatic rings. The Hall–Kier alpha value is -1.19. The zero-order chi connectivity index (χ0) is 18.3. The van der Waals surface area contributed by atoms with E-state index in [9.17, 15) is 0 Å². The Kier molecular flexibility index (Phi) is 5.20. The number of H-pyrrole nitrogens is 1. The number of nitrogens with one attached hydrogen (secondary N) is 2. The van der Waals surface area contributed by atoms with Crippen LogP contribution in [0.4, 0.5) is 0 Å². The maximum absolute atomic E-state index is 5.90. The summed E-state index contributed by atoms with van der Waals surface area (Å²) in [4.78, 5) is 10.4. The van der Waals surface area contributed by atoms with Gasteiger partial charge in [0, 0.05) is 39.9 Å². The summed E-state index contributed by atoms with van der Waals surface area (Å²) >= 11 is 8.19. The van der Waals surface area contributed by atoms with Gasteiger partial charge in [0.1, 0.15) is 0 Å². The van der Waals surface area contributed by atoms with Gasteiger partial charge in [-0.25, -0.2) is 0 Å². The van der Waals surface area contributed by atoms with Crippen molar-refractivity contribution in [3.05, 3.63) is 50.6 Å². The number of rotatable bonds is 4. The van der Waals surface area contributed by atoms with Gasteiger partial charge in [0.25, 0.3) is 0 Å². The molecule has 2 fully saturated rings. The number of ether oxygens (including phenoxy) is 1. The first-order chi connectivity index (χ1) is 12.6. The smallest absolute Gasteiger partial charge is 0.170 e. The molecular weight excluding hydrogens is 459 g/mol. The number of thiocarbonyl (C=S) groups is 1. The van der Waals surface area contributed by atoms with Crippen LogP contribution in [0.1, 0.15) is 47.6 Å². The maximum atomic E-state index is 5.90. The summed E-state index contributed by atoms with van der Waals surface area (Å²) in [6.07, 6.45) is 4.33. The van der Waals surface area contributed by atoms with Crippen LogP contribution in [0, 0.1) is 17.4 Å². The predicted octanol–water partition coefficient (Wildman–Crippen LogP) is 3.78. The molecule has 5 nitrogen and oxygen atoms in total. The monoisotopic (exact) mass is 482 g/mol. The van der Waals surface area contributed by atoms with Crippen LogP contribution in [0.5, 0.6) is 0 Å². The third-order valence-corrected chi connectivity index (χ3v) is 7.01. The molecule has 138 valence electrons. The van der Waals surface area contributed by atoms with Crippen molar-refractivity contribution < 1.29 is 4.74 Å². The molecular formula is C19H23IN4OS. The van der Waals surface area contributed by atoms with Gasteiger partial charge in [0.15, 0.2) is 5.11 Å². The number of pyridine rings is 1. The topological polar surface area (TPSA) is 53.2 Å². The lowest BCUT2D eigenvalue weighted by Crippen LogP contribution is -2.36. The number of aromatic nitrogens is 2. The van der Waals surface area contributed by atoms with E-state index in [4.69, 9.17) is 17.0 Å². The van der Waals surface area contributed by atoms with Gasteiger partial charge in [-0.2, -0.15) is 0 Å². The summed E-state index contributed by atoms with van der Waals surface area (Å²) in [6.45, 7) is 5.94. The van der Waals surface area contributed by atoms with Gasteiger partial charge >= 0.3 is 0 Å². The van der Waals surface area contributed by atoms with Crippen molar-refractivity contribution in [1.82, 2.24) is 20.2 Å². The molecule has 0 saturated carbocycles. The van der Waals surface area contributed by atoms with Crippen LogP contribution in [0.3, 0.4) is 0 Å². The average molecular weight is 482 g/mol. The molecule has 7 heteroatoms. The normalized spacial score (nSPS) is 25.7. The van der Waals surface area contributed by atoms with Crippen LogP contribution in [-0.4, -0.2) is 39.2 Å². The Labute approximate surface area is 173 Å². The number of hydrogen-bond acceptors (Lipinski definition) is 3. The number of nitrogens with zero attached hydrogens (tertiary/aromatic N) is 2. The van der Waals surface area contributed by atoms with E-state index in [2.05, 4.69) is 62.7 Å². The van der Waals surface area contributed by atoms with Crippen molar-refractivity contribution in [3.63, 3.8) is 0 Å². The van der Waals surface area contributed by atoms with Gasteiger partial charge in [-0.05, 0) is 73.6 Å². The molecule has 0 unspecified atom stereocenters. The van der Waals surface area contributed by atoms with E-state index >= 15 is 0 Å². The van der Waals surface area contributed by atoms with Gasteiger partial charge in [0.2, 0.25) is 0 Å². The first-order valence-corrected chi connectivity index (χ1v) is 10.5. The van der Waals surface area contributed by atoms with Gasteiger partial charge in [0.05, 0.1) is 23.9 Å².